The lowest BCUT2D eigenvalue weighted by molar-refractivity contribution is -0.690. The zero-order chi connectivity index (χ0) is 13.4. The van der Waals surface area contributed by atoms with Crippen molar-refractivity contribution in [3.05, 3.63) is 29.6 Å². The number of hydrogen-bond acceptors (Lipinski definition) is 2. The van der Waals surface area contributed by atoms with Gasteiger partial charge in [0, 0.05) is 38.8 Å². The molecular formula is C14H23N2O2+. The van der Waals surface area contributed by atoms with Gasteiger partial charge >= 0.3 is 0 Å². The van der Waals surface area contributed by atoms with Gasteiger partial charge in [-0.1, -0.05) is 6.92 Å². The monoisotopic (exact) mass is 251 g/mol. The summed E-state index contributed by atoms with van der Waals surface area (Å²) in [6.07, 6.45) is 3.88. The molecule has 0 aliphatic heterocycles. The summed E-state index contributed by atoms with van der Waals surface area (Å²) in [5.41, 5.74) is 2.34. The van der Waals surface area contributed by atoms with Crippen LogP contribution in [-0.2, 0) is 22.5 Å². The van der Waals surface area contributed by atoms with E-state index >= 15 is 0 Å². The van der Waals surface area contributed by atoms with Crippen molar-refractivity contribution in [1.29, 1.82) is 0 Å². The number of pyridine rings is 1. The molecule has 1 N–H and O–H groups in total. The van der Waals surface area contributed by atoms with Crippen LogP contribution in [0.1, 0.15) is 24.6 Å². The number of amides is 1. The first kappa shape index (κ1) is 14.6. The molecule has 1 rings (SSSR count). The molecule has 0 saturated carbocycles. The van der Waals surface area contributed by atoms with E-state index in [1.165, 1.54) is 5.56 Å². The first-order valence-electron chi connectivity index (χ1n) is 6.42. The van der Waals surface area contributed by atoms with Crippen molar-refractivity contribution < 1.29 is 14.1 Å². The Balaban J connectivity index is 2.48. The van der Waals surface area contributed by atoms with Gasteiger partial charge in [-0.05, 0) is 18.9 Å². The lowest BCUT2D eigenvalue weighted by Crippen LogP contribution is -2.45. The molecule has 0 atom stereocenters. The fraction of sp³-hybridized carbons (Fsp3) is 0.571. The topological polar surface area (TPSA) is 42.2 Å². The highest BCUT2D eigenvalue weighted by Gasteiger charge is 2.12. The van der Waals surface area contributed by atoms with Crippen molar-refractivity contribution in [1.82, 2.24) is 5.32 Å². The molecule has 0 spiro atoms. The Morgan fingerprint density at radius 2 is 2.22 bits per heavy atom. The van der Waals surface area contributed by atoms with Crippen LogP contribution in [0.15, 0.2) is 18.3 Å². The van der Waals surface area contributed by atoms with Gasteiger partial charge in [-0.2, -0.15) is 4.57 Å². The Morgan fingerprint density at radius 3 is 2.89 bits per heavy atom. The highest BCUT2D eigenvalue weighted by Crippen LogP contribution is 1.98. The summed E-state index contributed by atoms with van der Waals surface area (Å²) in [5.74, 6) is 0.0486. The molecule has 1 aromatic rings. The highest BCUT2D eigenvalue weighted by atomic mass is 16.5. The summed E-state index contributed by atoms with van der Waals surface area (Å²) in [4.78, 5) is 11.8. The molecule has 0 aromatic carbocycles. The average molecular weight is 251 g/mol. The number of methoxy groups -OCH3 is 1. The van der Waals surface area contributed by atoms with Crippen LogP contribution in [0.25, 0.3) is 0 Å². The third kappa shape index (κ3) is 4.84. The quantitative estimate of drug-likeness (QED) is 0.580. The summed E-state index contributed by atoms with van der Waals surface area (Å²) in [5, 5.41) is 2.89. The van der Waals surface area contributed by atoms with Crippen molar-refractivity contribution in [2.75, 3.05) is 20.3 Å². The van der Waals surface area contributed by atoms with E-state index in [1.54, 1.807) is 7.11 Å². The summed E-state index contributed by atoms with van der Waals surface area (Å²) < 4.78 is 6.93. The van der Waals surface area contributed by atoms with Crippen molar-refractivity contribution in [2.24, 2.45) is 0 Å². The molecule has 4 heteroatoms. The minimum atomic E-state index is 0.0486. The Kier molecular flexibility index (Phi) is 6.36. The van der Waals surface area contributed by atoms with Gasteiger partial charge in [0.15, 0.2) is 11.9 Å². The molecule has 100 valence electrons. The average Bonchev–Trinajstić information content (AvgIpc) is 2.37. The first-order valence-corrected chi connectivity index (χ1v) is 6.42. The molecule has 1 amide bonds. The van der Waals surface area contributed by atoms with Gasteiger partial charge in [0.2, 0.25) is 6.54 Å². The van der Waals surface area contributed by atoms with Crippen LogP contribution >= 0.6 is 0 Å². The zero-order valence-electron chi connectivity index (χ0n) is 11.5. The summed E-state index contributed by atoms with van der Waals surface area (Å²) >= 11 is 0. The van der Waals surface area contributed by atoms with E-state index < -0.39 is 0 Å². The maximum Gasteiger partial charge on any atom is 0.286 e. The summed E-state index contributed by atoms with van der Waals surface area (Å²) in [7, 11) is 1.66. The molecule has 4 nitrogen and oxygen atoms in total. The second-order valence-electron chi connectivity index (χ2n) is 4.36. The number of ether oxygens (including phenoxy) is 1. The Labute approximate surface area is 109 Å². The Morgan fingerprint density at radius 1 is 1.44 bits per heavy atom. The molecule has 0 aliphatic rings. The standard InChI is InChI=1S/C14H22N2O2/c1-4-13-7-6-12(2)16(10-13)11-14(17)15-8-5-9-18-3/h6-7,10H,4-5,8-9,11H2,1-3H3/p+1. The van der Waals surface area contributed by atoms with Gasteiger partial charge in [0.25, 0.3) is 5.91 Å². The molecule has 0 fully saturated rings. The Bertz CT molecular complexity index is 391. The zero-order valence-corrected chi connectivity index (χ0v) is 11.5. The minimum Gasteiger partial charge on any atom is -0.385 e. The lowest BCUT2D eigenvalue weighted by Gasteiger charge is -2.04. The molecular weight excluding hydrogens is 228 g/mol. The highest BCUT2D eigenvalue weighted by molar-refractivity contribution is 5.74. The van der Waals surface area contributed by atoms with Crippen molar-refractivity contribution in [2.45, 2.75) is 33.2 Å². The smallest absolute Gasteiger partial charge is 0.286 e. The number of aromatic nitrogens is 1. The van der Waals surface area contributed by atoms with E-state index in [1.807, 2.05) is 17.7 Å². The molecule has 18 heavy (non-hydrogen) atoms. The van der Waals surface area contributed by atoms with Crippen LogP contribution < -0.4 is 9.88 Å². The largest absolute Gasteiger partial charge is 0.385 e. The molecule has 1 aromatic heterocycles. The van der Waals surface area contributed by atoms with Crippen LogP contribution in [0, 0.1) is 6.92 Å². The molecule has 0 aliphatic carbocycles. The van der Waals surface area contributed by atoms with Crippen molar-refractivity contribution in [3.8, 4) is 0 Å². The van der Waals surface area contributed by atoms with Crippen LogP contribution in [-0.4, -0.2) is 26.2 Å². The maximum absolute atomic E-state index is 11.8. The van der Waals surface area contributed by atoms with E-state index in [-0.39, 0.29) is 5.91 Å². The number of rotatable bonds is 7. The normalized spacial score (nSPS) is 10.4. The molecule has 0 saturated heterocycles. The molecule has 0 bridgehead atoms. The van der Waals surface area contributed by atoms with Gasteiger partial charge in [-0.3, -0.25) is 4.79 Å². The van der Waals surface area contributed by atoms with Crippen LogP contribution in [0.5, 0.6) is 0 Å². The van der Waals surface area contributed by atoms with Crippen LogP contribution in [0.2, 0.25) is 0 Å². The Hall–Kier alpha value is -1.42. The third-order valence-corrected chi connectivity index (χ3v) is 2.88. The molecule has 1 heterocycles. The fourth-order valence-electron chi connectivity index (χ4n) is 1.70. The number of aryl methyl sites for hydroxylation is 2. The maximum atomic E-state index is 11.8. The number of nitrogens with zero attached hydrogens (tertiary/aromatic N) is 1. The minimum absolute atomic E-state index is 0.0486. The van der Waals surface area contributed by atoms with Crippen LogP contribution in [0.3, 0.4) is 0 Å². The van der Waals surface area contributed by atoms with E-state index in [0.29, 0.717) is 19.7 Å². The number of nitrogens with one attached hydrogen (secondary N) is 1. The van der Waals surface area contributed by atoms with Crippen molar-refractivity contribution in [3.63, 3.8) is 0 Å². The van der Waals surface area contributed by atoms with Crippen LogP contribution in [0.4, 0.5) is 0 Å². The number of carbonyl (C=O) groups excluding carboxylic acids is 1. The summed E-state index contributed by atoms with van der Waals surface area (Å²) in [6, 6.07) is 4.15. The van der Waals surface area contributed by atoms with Gasteiger partial charge in [-0.15, -0.1) is 0 Å². The SMILES string of the molecule is CCc1ccc(C)[n+](CC(=O)NCCCOC)c1. The van der Waals surface area contributed by atoms with Crippen molar-refractivity contribution >= 4 is 5.91 Å². The predicted molar refractivity (Wildman–Crippen MR) is 70.3 cm³/mol. The van der Waals surface area contributed by atoms with Gasteiger partial charge < -0.3 is 10.1 Å². The lowest BCUT2D eigenvalue weighted by atomic mass is 10.2. The van der Waals surface area contributed by atoms with E-state index in [9.17, 15) is 4.79 Å². The number of hydrogen-bond donors (Lipinski definition) is 1. The summed E-state index contributed by atoms with van der Waals surface area (Å²) in [6.45, 7) is 5.85. The number of carbonyl (C=O) groups is 1. The predicted octanol–water partition coefficient (Wildman–Crippen LogP) is 0.998. The van der Waals surface area contributed by atoms with Gasteiger partial charge in [-0.25, -0.2) is 0 Å². The fourth-order valence-corrected chi connectivity index (χ4v) is 1.70. The first-order chi connectivity index (χ1) is 8.67. The van der Waals surface area contributed by atoms with E-state index in [4.69, 9.17) is 4.74 Å². The molecule has 0 radical (unpaired) electrons. The van der Waals surface area contributed by atoms with Gasteiger partial charge in [0.05, 0.1) is 0 Å². The van der Waals surface area contributed by atoms with Gasteiger partial charge in [0.1, 0.15) is 0 Å². The third-order valence-electron chi connectivity index (χ3n) is 2.88. The second-order valence-corrected chi connectivity index (χ2v) is 4.36. The van der Waals surface area contributed by atoms with E-state index in [0.717, 1.165) is 18.5 Å². The molecule has 0 unspecified atom stereocenters. The van der Waals surface area contributed by atoms with E-state index in [2.05, 4.69) is 24.4 Å². The second kappa shape index (κ2) is 7.82.